The minimum absolute atomic E-state index is 0.00106. The van der Waals surface area contributed by atoms with E-state index < -0.39 is 11.4 Å². The van der Waals surface area contributed by atoms with E-state index in [9.17, 15) is 19.8 Å². The summed E-state index contributed by atoms with van der Waals surface area (Å²) < 4.78 is 5.12. The first kappa shape index (κ1) is 17.3. The Kier molecular flexibility index (Phi) is 3.98. The zero-order valence-corrected chi connectivity index (χ0v) is 14.8. The highest BCUT2D eigenvalue weighted by Gasteiger charge is 2.39. The van der Waals surface area contributed by atoms with Crippen LogP contribution in [0.2, 0.25) is 0 Å². The van der Waals surface area contributed by atoms with E-state index in [2.05, 4.69) is 0 Å². The number of allylic oxidation sites excluding steroid dienone is 3. The lowest BCUT2D eigenvalue weighted by molar-refractivity contribution is -0.141. The van der Waals surface area contributed by atoms with Crippen LogP contribution in [-0.4, -0.2) is 28.6 Å². The monoisotopic (exact) mass is 342 g/mol. The molecule has 2 unspecified atom stereocenters. The maximum absolute atomic E-state index is 12.4. The van der Waals surface area contributed by atoms with Crippen molar-refractivity contribution in [2.75, 3.05) is 6.61 Å². The molecule has 2 aliphatic rings. The van der Waals surface area contributed by atoms with Gasteiger partial charge in [0.15, 0.2) is 5.78 Å². The fraction of sp³-hybridized carbons (Fsp3) is 0.400. The summed E-state index contributed by atoms with van der Waals surface area (Å²) in [6.45, 7) is 7.04. The Morgan fingerprint density at radius 3 is 2.52 bits per heavy atom. The van der Waals surface area contributed by atoms with Crippen LogP contribution in [0.3, 0.4) is 0 Å². The second kappa shape index (κ2) is 5.76. The van der Waals surface area contributed by atoms with E-state index in [1.807, 2.05) is 32.9 Å². The van der Waals surface area contributed by atoms with Crippen LogP contribution in [0.1, 0.15) is 66.6 Å². The largest absolute Gasteiger partial charge is 0.507 e. The molecular formula is C20H22O5. The molecule has 0 aliphatic heterocycles. The second-order valence-corrected chi connectivity index (χ2v) is 7.28. The molecule has 1 aromatic carbocycles. The number of phenolic OH excluding ortho intramolecular Hbond substituents is 2. The number of esters is 1. The molecule has 0 saturated heterocycles. The Morgan fingerprint density at radius 1 is 1.20 bits per heavy atom. The molecule has 0 amide bonds. The number of carbonyl (C=O) groups excluding carboxylic acids is 2. The molecule has 0 aromatic heterocycles. The average Bonchev–Trinajstić information content (AvgIpc) is 2.53. The van der Waals surface area contributed by atoms with Crippen LogP contribution in [0.4, 0.5) is 0 Å². The van der Waals surface area contributed by atoms with Gasteiger partial charge in [-0.2, -0.15) is 0 Å². The average molecular weight is 342 g/mol. The quantitative estimate of drug-likeness (QED) is 0.488. The van der Waals surface area contributed by atoms with E-state index in [0.29, 0.717) is 16.7 Å². The van der Waals surface area contributed by atoms with Crippen molar-refractivity contribution in [3.8, 4) is 11.5 Å². The molecule has 0 heterocycles. The van der Waals surface area contributed by atoms with E-state index in [-0.39, 0.29) is 41.3 Å². The van der Waals surface area contributed by atoms with Crippen LogP contribution >= 0.6 is 0 Å². The third-order valence-electron chi connectivity index (χ3n) is 4.99. The Labute approximate surface area is 146 Å². The number of hydrogen-bond donors (Lipinski definition) is 2. The summed E-state index contributed by atoms with van der Waals surface area (Å²) in [4.78, 5) is 23.6. The molecule has 3 rings (SSSR count). The lowest BCUT2D eigenvalue weighted by atomic mass is 9.70. The van der Waals surface area contributed by atoms with E-state index >= 15 is 0 Å². The Bertz CT molecular complexity index is 829. The second-order valence-electron chi connectivity index (χ2n) is 7.28. The Balaban J connectivity index is 2.28. The van der Waals surface area contributed by atoms with Crippen molar-refractivity contribution >= 4 is 11.8 Å². The number of ketones is 1. The molecule has 1 aromatic rings. The lowest BCUT2D eigenvalue weighted by Crippen LogP contribution is -2.26. The molecule has 0 spiro atoms. The number of aromatic hydroxyl groups is 2. The molecular weight excluding hydrogens is 320 g/mol. The highest BCUT2D eigenvalue weighted by Crippen LogP contribution is 2.52. The van der Waals surface area contributed by atoms with Gasteiger partial charge in [-0.25, -0.2) is 0 Å². The highest BCUT2D eigenvalue weighted by atomic mass is 16.5. The summed E-state index contributed by atoms with van der Waals surface area (Å²) in [5, 5.41) is 21.9. The van der Waals surface area contributed by atoms with Crippen molar-refractivity contribution < 1.29 is 24.5 Å². The summed E-state index contributed by atoms with van der Waals surface area (Å²) in [6.07, 6.45) is 6.92. The molecule has 132 valence electrons. The van der Waals surface area contributed by atoms with Gasteiger partial charge in [0.2, 0.25) is 0 Å². The van der Waals surface area contributed by atoms with Crippen LogP contribution in [-0.2, 0) is 14.9 Å². The molecule has 2 aliphatic carbocycles. The number of rotatable bonds is 2. The third kappa shape index (κ3) is 2.64. The van der Waals surface area contributed by atoms with Gasteiger partial charge in [-0.05, 0) is 6.08 Å². The van der Waals surface area contributed by atoms with Crippen molar-refractivity contribution in [2.45, 2.75) is 44.9 Å². The zero-order valence-electron chi connectivity index (χ0n) is 14.8. The van der Waals surface area contributed by atoms with E-state index in [4.69, 9.17) is 4.74 Å². The SMILES string of the molecule is CC(=O)OCC1C=CC(C)c2c(O)c3c(c(O)c21)C(C)(C)C=CC3=O. The van der Waals surface area contributed by atoms with Crippen molar-refractivity contribution in [3.63, 3.8) is 0 Å². The van der Waals surface area contributed by atoms with Gasteiger partial charge in [0.1, 0.15) is 18.1 Å². The first-order valence-electron chi connectivity index (χ1n) is 8.32. The standard InChI is InChI=1S/C20H22O5/c1-10-5-6-12(9-25-11(2)21)15-14(10)18(23)16-13(22)7-8-20(3,4)17(16)19(15)24/h5-8,10,12,23-24H,9H2,1-4H3. The first-order chi connectivity index (χ1) is 11.6. The summed E-state index contributed by atoms with van der Waals surface area (Å²) in [7, 11) is 0. The third-order valence-corrected chi connectivity index (χ3v) is 4.99. The van der Waals surface area contributed by atoms with Crippen molar-refractivity contribution in [2.24, 2.45) is 0 Å². The van der Waals surface area contributed by atoms with Crippen molar-refractivity contribution in [3.05, 3.63) is 46.6 Å². The van der Waals surface area contributed by atoms with Crippen LogP contribution in [0.15, 0.2) is 24.3 Å². The molecule has 0 saturated carbocycles. The van der Waals surface area contributed by atoms with Crippen LogP contribution < -0.4 is 0 Å². The number of carbonyl (C=O) groups is 2. The van der Waals surface area contributed by atoms with E-state index in [1.165, 1.54) is 13.0 Å². The van der Waals surface area contributed by atoms with Crippen LogP contribution in [0.5, 0.6) is 11.5 Å². The molecule has 0 fully saturated rings. The van der Waals surface area contributed by atoms with Crippen molar-refractivity contribution in [1.29, 1.82) is 0 Å². The van der Waals surface area contributed by atoms with Gasteiger partial charge >= 0.3 is 5.97 Å². The number of phenols is 2. The Morgan fingerprint density at radius 2 is 1.88 bits per heavy atom. The lowest BCUT2D eigenvalue weighted by Gasteiger charge is -2.34. The van der Waals surface area contributed by atoms with E-state index in [1.54, 1.807) is 6.08 Å². The fourth-order valence-corrected chi connectivity index (χ4v) is 3.75. The molecule has 2 N–H and O–H groups in total. The smallest absolute Gasteiger partial charge is 0.302 e. The van der Waals surface area contributed by atoms with Crippen molar-refractivity contribution in [1.82, 2.24) is 0 Å². The summed E-state index contributed by atoms with van der Waals surface area (Å²) in [5.41, 5.74) is 1.04. The summed E-state index contributed by atoms with van der Waals surface area (Å²) in [5.74, 6) is -1.35. The summed E-state index contributed by atoms with van der Waals surface area (Å²) in [6, 6.07) is 0. The molecule has 5 nitrogen and oxygen atoms in total. The molecule has 25 heavy (non-hydrogen) atoms. The van der Waals surface area contributed by atoms with Gasteiger partial charge in [0.25, 0.3) is 0 Å². The maximum atomic E-state index is 12.4. The van der Waals surface area contributed by atoms with Gasteiger partial charge in [-0.3, -0.25) is 9.59 Å². The highest BCUT2D eigenvalue weighted by molar-refractivity contribution is 6.10. The minimum Gasteiger partial charge on any atom is -0.507 e. The first-order valence-corrected chi connectivity index (χ1v) is 8.32. The number of benzene rings is 1. The molecule has 0 radical (unpaired) electrons. The van der Waals surface area contributed by atoms with Gasteiger partial charge in [0.05, 0.1) is 5.56 Å². The number of hydrogen-bond acceptors (Lipinski definition) is 5. The van der Waals surface area contributed by atoms with Crippen LogP contribution in [0.25, 0.3) is 0 Å². The molecule has 5 heteroatoms. The molecule has 2 atom stereocenters. The van der Waals surface area contributed by atoms with Gasteiger partial charge in [0, 0.05) is 40.9 Å². The minimum atomic E-state index is -0.601. The van der Waals surface area contributed by atoms with Crippen LogP contribution in [0, 0.1) is 0 Å². The summed E-state index contributed by atoms with van der Waals surface area (Å²) >= 11 is 0. The van der Waals surface area contributed by atoms with Gasteiger partial charge in [-0.1, -0.05) is 39.0 Å². The maximum Gasteiger partial charge on any atom is 0.302 e. The normalized spacial score (nSPS) is 23.1. The Hall–Kier alpha value is -2.56. The van der Waals surface area contributed by atoms with E-state index in [0.717, 1.165) is 0 Å². The fourth-order valence-electron chi connectivity index (χ4n) is 3.75. The number of fused-ring (bicyclic) bond motifs is 2. The predicted octanol–water partition coefficient (Wildman–Crippen LogP) is 3.45. The predicted molar refractivity (Wildman–Crippen MR) is 93.2 cm³/mol. The topological polar surface area (TPSA) is 83.8 Å². The van der Waals surface area contributed by atoms with Gasteiger partial charge in [-0.15, -0.1) is 0 Å². The van der Waals surface area contributed by atoms with Gasteiger partial charge < -0.3 is 14.9 Å². The zero-order chi connectivity index (χ0) is 18.5. The molecule has 0 bridgehead atoms. The number of ether oxygens (including phenoxy) is 1.